The van der Waals surface area contributed by atoms with E-state index in [1.165, 1.54) is 24.3 Å². The number of pyridine rings is 1. The number of para-hydroxylation sites is 1. The lowest BCUT2D eigenvalue weighted by Crippen LogP contribution is -2.27. The molecule has 4 rings (SSSR count). The number of nitrogens with zero attached hydrogens (tertiary/aromatic N) is 3. The third-order valence-corrected chi connectivity index (χ3v) is 5.67. The SMILES string of the molecule is CCn1c(=O)c(CCC(=O)Nc2ccc(F)cc2)c(C)c2c(C)nn(-c3ccccc3)c21. The standard InChI is InChI=1S/C25H25FN4O2/c1-4-29-24-23(17(3)28-30(24)20-8-6-5-7-9-20)16(2)21(25(29)32)14-15-22(31)27-19-12-10-18(26)11-13-19/h5-13H,4,14-15H2,1-3H3,(H,27,31). The van der Waals surface area contributed by atoms with Crippen LogP contribution < -0.4 is 10.9 Å². The number of anilines is 1. The van der Waals surface area contributed by atoms with Gasteiger partial charge < -0.3 is 5.32 Å². The van der Waals surface area contributed by atoms with Crippen molar-refractivity contribution in [3.63, 3.8) is 0 Å². The Bertz CT molecular complexity index is 1340. The van der Waals surface area contributed by atoms with Crippen molar-refractivity contribution in [1.29, 1.82) is 0 Å². The van der Waals surface area contributed by atoms with E-state index in [0.717, 1.165) is 28.0 Å². The normalized spacial score (nSPS) is 11.1. The molecule has 0 aliphatic rings. The first kappa shape index (κ1) is 21.5. The van der Waals surface area contributed by atoms with Crippen LogP contribution in [0, 0.1) is 19.7 Å². The van der Waals surface area contributed by atoms with E-state index in [2.05, 4.69) is 5.32 Å². The van der Waals surface area contributed by atoms with E-state index in [-0.39, 0.29) is 23.7 Å². The van der Waals surface area contributed by atoms with Gasteiger partial charge >= 0.3 is 0 Å². The number of nitrogens with one attached hydrogen (secondary N) is 1. The Balaban J connectivity index is 1.70. The molecule has 2 heterocycles. The molecule has 2 aromatic carbocycles. The van der Waals surface area contributed by atoms with Crippen LogP contribution in [0.5, 0.6) is 0 Å². The highest BCUT2D eigenvalue weighted by atomic mass is 19.1. The van der Waals surface area contributed by atoms with Crippen LogP contribution in [-0.4, -0.2) is 20.3 Å². The molecular weight excluding hydrogens is 407 g/mol. The Labute approximate surface area is 185 Å². The van der Waals surface area contributed by atoms with Gasteiger partial charge in [-0.15, -0.1) is 0 Å². The predicted octanol–water partition coefficient (Wildman–Crippen LogP) is 4.53. The zero-order valence-corrected chi connectivity index (χ0v) is 18.4. The summed E-state index contributed by atoms with van der Waals surface area (Å²) >= 11 is 0. The van der Waals surface area contributed by atoms with Crippen LogP contribution in [0.3, 0.4) is 0 Å². The number of aromatic nitrogens is 3. The molecule has 1 N–H and O–H groups in total. The summed E-state index contributed by atoms with van der Waals surface area (Å²) in [6.07, 6.45) is 0.456. The van der Waals surface area contributed by atoms with E-state index in [0.29, 0.717) is 24.2 Å². The fourth-order valence-electron chi connectivity index (χ4n) is 4.11. The second kappa shape index (κ2) is 8.78. The van der Waals surface area contributed by atoms with Crippen LogP contribution in [-0.2, 0) is 17.8 Å². The number of halogens is 1. The largest absolute Gasteiger partial charge is 0.326 e. The number of carbonyl (C=O) groups is 1. The lowest BCUT2D eigenvalue weighted by molar-refractivity contribution is -0.116. The molecule has 0 saturated carbocycles. The van der Waals surface area contributed by atoms with E-state index in [4.69, 9.17) is 5.10 Å². The molecule has 4 aromatic rings. The van der Waals surface area contributed by atoms with Gasteiger partial charge in [0.1, 0.15) is 11.5 Å². The maximum Gasteiger partial charge on any atom is 0.255 e. The van der Waals surface area contributed by atoms with Gasteiger partial charge in [-0.05, 0) is 69.2 Å². The lowest BCUT2D eigenvalue weighted by atomic mass is 10.0. The molecular formula is C25H25FN4O2. The molecule has 0 bridgehead atoms. The van der Waals surface area contributed by atoms with E-state index in [9.17, 15) is 14.0 Å². The first-order valence-corrected chi connectivity index (χ1v) is 10.6. The van der Waals surface area contributed by atoms with Gasteiger partial charge in [-0.2, -0.15) is 5.10 Å². The molecule has 0 aliphatic heterocycles. The number of benzene rings is 2. The molecule has 0 atom stereocenters. The second-order valence-corrected chi connectivity index (χ2v) is 7.74. The Kier molecular flexibility index (Phi) is 5.90. The zero-order valence-electron chi connectivity index (χ0n) is 18.4. The van der Waals surface area contributed by atoms with Crippen molar-refractivity contribution in [2.45, 2.75) is 40.2 Å². The minimum atomic E-state index is -0.363. The number of aryl methyl sites for hydroxylation is 3. The van der Waals surface area contributed by atoms with Gasteiger partial charge in [-0.1, -0.05) is 18.2 Å². The molecule has 0 aliphatic carbocycles. The molecule has 0 radical (unpaired) electrons. The van der Waals surface area contributed by atoms with Crippen LogP contribution in [0.15, 0.2) is 59.4 Å². The number of hydrogen-bond donors (Lipinski definition) is 1. The fraction of sp³-hybridized carbons (Fsp3) is 0.240. The van der Waals surface area contributed by atoms with Crippen LogP contribution >= 0.6 is 0 Å². The van der Waals surface area contributed by atoms with Crippen molar-refractivity contribution < 1.29 is 9.18 Å². The number of carbonyl (C=O) groups excluding carboxylic acids is 1. The molecule has 0 fully saturated rings. The summed E-state index contributed by atoms with van der Waals surface area (Å²) in [5, 5.41) is 8.40. The monoisotopic (exact) mass is 432 g/mol. The summed E-state index contributed by atoms with van der Waals surface area (Å²) in [7, 11) is 0. The van der Waals surface area contributed by atoms with Crippen molar-refractivity contribution in [1.82, 2.24) is 14.3 Å². The van der Waals surface area contributed by atoms with E-state index in [1.54, 1.807) is 4.57 Å². The van der Waals surface area contributed by atoms with Crippen molar-refractivity contribution in [2.24, 2.45) is 0 Å². The minimum Gasteiger partial charge on any atom is -0.326 e. The Morgan fingerprint density at radius 1 is 1.06 bits per heavy atom. The maximum atomic E-state index is 13.4. The second-order valence-electron chi connectivity index (χ2n) is 7.74. The average Bonchev–Trinajstić information content (AvgIpc) is 3.13. The molecule has 0 saturated heterocycles. The van der Waals surface area contributed by atoms with Crippen LogP contribution in [0.4, 0.5) is 10.1 Å². The molecule has 7 heteroatoms. The highest BCUT2D eigenvalue weighted by Crippen LogP contribution is 2.26. The summed E-state index contributed by atoms with van der Waals surface area (Å²) in [6, 6.07) is 15.3. The maximum absolute atomic E-state index is 13.4. The number of amides is 1. The van der Waals surface area contributed by atoms with Gasteiger partial charge in [-0.3, -0.25) is 14.2 Å². The Morgan fingerprint density at radius 3 is 2.41 bits per heavy atom. The molecule has 32 heavy (non-hydrogen) atoms. The molecule has 6 nitrogen and oxygen atoms in total. The van der Waals surface area contributed by atoms with Gasteiger partial charge in [0, 0.05) is 29.6 Å². The Morgan fingerprint density at radius 2 is 1.75 bits per heavy atom. The van der Waals surface area contributed by atoms with E-state index in [1.807, 2.05) is 55.8 Å². The highest BCUT2D eigenvalue weighted by Gasteiger charge is 2.21. The summed E-state index contributed by atoms with van der Waals surface area (Å²) in [4.78, 5) is 25.8. The third kappa shape index (κ3) is 3.93. The molecule has 0 spiro atoms. The summed E-state index contributed by atoms with van der Waals surface area (Å²) in [5.74, 6) is -0.589. The van der Waals surface area contributed by atoms with Crippen molar-refractivity contribution in [2.75, 3.05) is 5.32 Å². The fourth-order valence-corrected chi connectivity index (χ4v) is 4.11. The van der Waals surface area contributed by atoms with Gasteiger partial charge in [0.15, 0.2) is 0 Å². The quantitative estimate of drug-likeness (QED) is 0.487. The topological polar surface area (TPSA) is 68.9 Å². The number of rotatable bonds is 6. The molecule has 1 amide bonds. The van der Waals surface area contributed by atoms with Crippen LogP contribution in [0.25, 0.3) is 16.7 Å². The molecule has 164 valence electrons. The first-order valence-electron chi connectivity index (χ1n) is 10.6. The smallest absolute Gasteiger partial charge is 0.255 e. The zero-order chi connectivity index (χ0) is 22.8. The molecule has 0 unspecified atom stereocenters. The summed E-state index contributed by atoms with van der Waals surface area (Å²) in [5.41, 5.74) is 4.36. The predicted molar refractivity (Wildman–Crippen MR) is 124 cm³/mol. The third-order valence-electron chi connectivity index (χ3n) is 5.67. The summed E-state index contributed by atoms with van der Waals surface area (Å²) in [6.45, 7) is 6.27. The number of hydrogen-bond acceptors (Lipinski definition) is 3. The van der Waals surface area contributed by atoms with Gasteiger partial charge in [0.25, 0.3) is 5.56 Å². The van der Waals surface area contributed by atoms with Crippen molar-refractivity contribution >= 4 is 22.6 Å². The average molecular weight is 432 g/mol. The summed E-state index contributed by atoms with van der Waals surface area (Å²) < 4.78 is 16.6. The van der Waals surface area contributed by atoms with Crippen molar-refractivity contribution in [3.8, 4) is 5.69 Å². The van der Waals surface area contributed by atoms with Gasteiger partial charge in [-0.25, -0.2) is 9.07 Å². The van der Waals surface area contributed by atoms with Crippen LogP contribution in [0.2, 0.25) is 0 Å². The van der Waals surface area contributed by atoms with E-state index < -0.39 is 0 Å². The van der Waals surface area contributed by atoms with Gasteiger partial charge in [0.2, 0.25) is 5.91 Å². The minimum absolute atomic E-state index is 0.107. The van der Waals surface area contributed by atoms with E-state index >= 15 is 0 Å². The first-order chi connectivity index (χ1) is 15.4. The molecule has 2 aromatic heterocycles. The Hall–Kier alpha value is -3.74. The number of fused-ring (bicyclic) bond motifs is 1. The lowest BCUT2D eigenvalue weighted by Gasteiger charge is -2.14. The van der Waals surface area contributed by atoms with Crippen LogP contribution in [0.1, 0.15) is 30.2 Å². The highest BCUT2D eigenvalue weighted by molar-refractivity contribution is 5.91. The van der Waals surface area contributed by atoms with Gasteiger partial charge in [0.05, 0.1) is 11.4 Å². The van der Waals surface area contributed by atoms with Crippen molar-refractivity contribution in [3.05, 3.63) is 87.6 Å².